The van der Waals surface area contributed by atoms with Gasteiger partial charge in [0.15, 0.2) is 12.4 Å². The zero-order chi connectivity index (χ0) is 18.4. The third kappa shape index (κ3) is 6.36. The predicted octanol–water partition coefficient (Wildman–Crippen LogP) is 2.01. The van der Waals surface area contributed by atoms with Gasteiger partial charge < -0.3 is 0 Å². The van der Waals surface area contributed by atoms with Crippen molar-refractivity contribution < 1.29 is 30.5 Å². The average molecular weight is 374 g/mol. The summed E-state index contributed by atoms with van der Waals surface area (Å²) in [7, 11) is -8.02. The molecule has 0 bridgehead atoms. The lowest BCUT2D eigenvalue weighted by atomic mass is 10.2. The van der Waals surface area contributed by atoms with Crippen LogP contribution in [-0.2, 0) is 20.2 Å². The van der Waals surface area contributed by atoms with E-state index < -0.39 is 25.6 Å². The van der Waals surface area contributed by atoms with E-state index in [-0.39, 0.29) is 4.90 Å². The van der Waals surface area contributed by atoms with Crippen molar-refractivity contribution in [3.63, 3.8) is 0 Å². The molecule has 1 unspecified atom stereocenters. The molecule has 0 saturated carbocycles. The Morgan fingerprint density at radius 3 is 1.83 bits per heavy atom. The molecule has 1 aromatic carbocycles. The molecule has 1 aromatic heterocycles. The molecule has 0 aliphatic heterocycles. The van der Waals surface area contributed by atoms with Crippen LogP contribution in [0.1, 0.15) is 24.3 Å². The number of hydrogen-bond acceptors (Lipinski definition) is 4. The van der Waals surface area contributed by atoms with E-state index in [2.05, 4.69) is 0 Å². The van der Waals surface area contributed by atoms with Crippen LogP contribution in [0.25, 0.3) is 0 Å². The van der Waals surface area contributed by atoms with Crippen molar-refractivity contribution in [1.82, 2.24) is 0 Å². The fourth-order valence-corrected chi connectivity index (χ4v) is 3.24. The van der Waals surface area contributed by atoms with Gasteiger partial charge in [-0.3, -0.25) is 9.11 Å². The second kappa shape index (κ2) is 8.34. The standard InChI is InChI=1S/C8H11NO3S.C7H8O3S/c1-2-8(13(10,11)12)9-6-4-3-5-7-9;1-6-2-4-7(5-3-6)11(8,9)10/h3-8H,2H2,1H3;2-5H,1H3,(H,8,9,10)/p+1. The normalized spacial score (nSPS) is 12.8. The van der Waals surface area contributed by atoms with Crippen LogP contribution in [-0.4, -0.2) is 25.9 Å². The van der Waals surface area contributed by atoms with Gasteiger partial charge in [0.2, 0.25) is 0 Å². The Morgan fingerprint density at radius 2 is 1.46 bits per heavy atom. The number of hydrogen-bond donors (Lipinski definition) is 2. The lowest BCUT2D eigenvalue weighted by molar-refractivity contribution is -0.702. The highest BCUT2D eigenvalue weighted by molar-refractivity contribution is 7.86. The first-order valence-corrected chi connectivity index (χ1v) is 9.96. The fraction of sp³-hybridized carbons (Fsp3) is 0.267. The van der Waals surface area contributed by atoms with Crippen molar-refractivity contribution in [2.24, 2.45) is 0 Å². The van der Waals surface area contributed by atoms with Gasteiger partial charge in [-0.15, -0.1) is 0 Å². The Bertz CT molecular complexity index is 847. The van der Waals surface area contributed by atoms with Gasteiger partial charge in [0.1, 0.15) is 0 Å². The van der Waals surface area contributed by atoms with Crippen LogP contribution in [0.15, 0.2) is 59.8 Å². The van der Waals surface area contributed by atoms with Gasteiger partial charge in [0.25, 0.3) is 15.5 Å². The number of benzene rings is 1. The summed E-state index contributed by atoms with van der Waals surface area (Å²) in [6, 6.07) is 11.2. The third-order valence-electron chi connectivity index (χ3n) is 3.08. The molecule has 0 amide bonds. The van der Waals surface area contributed by atoms with E-state index in [1.54, 1.807) is 49.6 Å². The average Bonchev–Trinajstić information content (AvgIpc) is 2.48. The monoisotopic (exact) mass is 374 g/mol. The van der Waals surface area contributed by atoms with Gasteiger partial charge >= 0.3 is 10.1 Å². The molecule has 2 aromatic rings. The van der Waals surface area contributed by atoms with Crippen molar-refractivity contribution in [2.75, 3.05) is 0 Å². The molecule has 0 saturated heterocycles. The zero-order valence-electron chi connectivity index (χ0n) is 13.3. The summed E-state index contributed by atoms with van der Waals surface area (Å²) in [6.45, 7) is 3.55. The lowest BCUT2D eigenvalue weighted by Gasteiger charge is -2.05. The van der Waals surface area contributed by atoms with Gasteiger partial charge in [-0.1, -0.05) is 30.7 Å². The number of aryl methyl sites for hydroxylation is 1. The summed E-state index contributed by atoms with van der Waals surface area (Å²) in [5, 5.41) is -0.881. The van der Waals surface area contributed by atoms with Crippen molar-refractivity contribution in [1.29, 1.82) is 0 Å². The van der Waals surface area contributed by atoms with Gasteiger partial charge in [-0.2, -0.15) is 21.4 Å². The van der Waals surface area contributed by atoms with E-state index in [4.69, 9.17) is 9.11 Å². The Hall–Kier alpha value is -1.81. The van der Waals surface area contributed by atoms with Crippen LogP contribution < -0.4 is 4.57 Å². The summed E-state index contributed by atoms with van der Waals surface area (Å²) >= 11 is 0. The molecule has 0 aliphatic rings. The van der Waals surface area contributed by atoms with Gasteiger partial charge in [0.05, 0.1) is 4.90 Å². The zero-order valence-corrected chi connectivity index (χ0v) is 14.9. The number of aromatic nitrogens is 1. The van der Waals surface area contributed by atoms with E-state index in [1.807, 2.05) is 6.92 Å². The van der Waals surface area contributed by atoms with Gasteiger partial charge in [-0.25, -0.2) is 0 Å². The molecule has 132 valence electrons. The molecular formula is C15H20NO6S2+. The maximum Gasteiger partial charge on any atom is 0.329 e. The highest BCUT2D eigenvalue weighted by atomic mass is 32.2. The quantitative estimate of drug-likeness (QED) is 0.625. The maximum absolute atomic E-state index is 10.9. The minimum absolute atomic E-state index is 0.0666. The number of pyridine rings is 1. The molecule has 0 aliphatic carbocycles. The van der Waals surface area contributed by atoms with Crippen LogP contribution in [0.2, 0.25) is 0 Å². The molecule has 24 heavy (non-hydrogen) atoms. The van der Waals surface area contributed by atoms with Crippen molar-refractivity contribution in [2.45, 2.75) is 30.5 Å². The Kier molecular flexibility index (Phi) is 7.03. The molecule has 0 fully saturated rings. The van der Waals surface area contributed by atoms with Gasteiger partial charge in [0, 0.05) is 18.6 Å². The lowest BCUT2D eigenvalue weighted by Crippen LogP contribution is -2.42. The molecular weight excluding hydrogens is 354 g/mol. The summed E-state index contributed by atoms with van der Waals surface area (Å²) in [6.07, 6.45) is 3.57. The maximum atomic E-state index is 10.9. The van der Waals surface area contributed by atoms with Crippen LogP contribution in [0.4, 0.5) is 0 Å². The third-order valence-corrected chi connectivity index (χ3v) is 5.22. The van der Waals surface area contributed by atoms with E-state index in [9.17, 15) is 16.8 Å². The molecule has 2 rings (SSSR count). The molecule has 7 nitrogen and oxygen atoms in total. The second-order valence-corrected chi connectivity index (χ2v) is 7.98. The highest BCUT2D eigenvalue weighted by Crippen LogP contribution is 2.09. The van der Waals surface area contributed by atoms with Crippen LogP contribution in [0.5, 0.6) is 0 Å². The minimum atomic E-state index is -4.02. The minimum Gasteiger partial charge on any atom is -0.282 e. The first-order chi connectivity index (χ1) is 11.1. The largest absolute Gasteiger partial charge is 0.329 e. The summed E-state index contributed by atoms with van der Waals surface area (Å²) in [4.78, 5) is -0.0666. The molecule has 1 atom stereocenters. The highest BCUT2D eigenvalue weighted by Gasteiger charge is 2.29. The first-order valence-electron chi connectivity index (χ1n) is 7.02. The molecule has 1 heterocycles. The SMILES string of the molecule is CCC([n+]1ccccc1)S(=O)(=O)O.Cc1ccc(S(=O)(=O)O)cc1. The Balaban J connectivity index is 0.000000243. The van der Waals surface area contributed by atoms with E-state index in [1.165, 1.54) is 16.7 Å². The Labute approximate surface area is 142 Å². The fourth-order valence-electron chi connectivity index (χ4n) is 1.89. The summed E-state index contributed by atoms with van der Waals surface area (Å²) in [5.41, 5.74) is 0.956. The predicted molar refractivity (Wildman–Crippen MR) is 88.5 cm³/mol. The van der Waals surface area contributed by atoms with Gasteiger partial charge in [-0.05, 0) is 19.1 Å². The molecule has 0 radical (unpaired) electrons. The van der Waals surface area contributed by atoms with Crippen LogP contribution >= 0.6 is 0 Å². The topological polar surface area (TPSA) is 113 Å². The summed E-state index contributed by atoms with van der Waals surface area (Å²) in [5.74, 6) is 0. The first kappa shape index (κ1) is 20.2. The second-order valence-electron chi connectivity index (χ2n) is 4.99. The summed E-state index contributed by atoms with van der Waals surface area (Å²) < 4.78 is 61.7. The van der Waals surface area contributed by atoms with E-state index >= 15 is 0 Å². The molecule has 2 N–H and O–H groups in total. The Morgan fingerprint density at radius 1 is 0.958 bits per heavy atom. The van der Waals surface area contributed by atoms with Crippen molar-refractivity contribution in [3.8, 4) is 0 Å². The number of nitrogens with zero attached hydrogens (tertiary/aromatic N) is 1. The van der Waals surface area contributed by atoms with Crippen molar-refractivity contribution in [3.05, 3.63) is 60.4 Å². The van der Waals surface area contributed by atoms with E-state index in [0.29, 0.717) is 6.42 Å². The van der Waals surface area contributed by atoms with E-state index in [0.717, 1.165) is 5.56 Å². The molecule has 0 spiro atoms. The van der Waals surface area contributed by atoms with Crippen molar-refractivity contribution >= 4 is 20.2 Å². The van der Waals surface area contributed by atoms with Crippen LogP contribution in [0.3, 0.4) is 0 Å². The molecule has 9 heteroatoms. The van der Waals surface area contributed by atoms with Crippen LogP contribution in [0, 0.1) is 6.92 Å². The number of rotatable bonds is 4. The smallest absolute Gasteiger partial charge is 0.282 e.